The summed E-state index contributed by atoms with van der Waals surface area (Å²) in [6.45, 7) is 7.16. The Hall–Kier alpha value is -1.36. The van der Waals surface area contributed by atoms with Crippen molar-refractivity contribution in [3.05, 3.63) is 12.2 Å². The first-order valence-electron chi connectivity index (χ1n) is 5.58. The largest absolute Gasteiger partial charge is 0.481 e. The predicted molar refractivity (Wildman–Crippen MR) is 59.9 cm³/mol. The third kappa shape index (κ3) is 1.74. The SMILES string of the molecule is CC(C)(C)ON1C(=O)[C@@]12C=C[C@](C)(C(=O)O)C2. The number of carbonyl (C=O) groups excluding carboxylic acids is 1. The van der Waals surface area contributed by atoms with Crippen molar-refractivity contribution in [3.63, 3.8) is 0 Å². The summed E-state index contributed by atoms with van der Waals surface area (Å²) in [5.74, 6) is -1.07. The molecule has 1 N–H and O–H groups in total. The summed E-state index contributed by atoms with van der Waals surface area (Å²) in [4.78, 5) is 28.4. The van der Waals surface area contributed by atoms with E-state index in [4.69, 9.17) is 9.94 Å². The van der Waals surface area contributed by atoms with E-state index in [0.717, 1.165) is 0 Å². The smallest absolute Gasteiger partial charge is 0.313 e. The van der Waals surface area contributed by atoms with E-state index >= 15 is 0 Å². The lowest BCUT2D eigenvalue weighted by Gasteiger charge is -2.22. The molecule has 2 aliphatic rings. The van der Waals surface area contributed by atoms with Crippen LogP contribution in [0.1, 0.15) is 34.1 Å². The van der Waals surface area contributed by atoms with Crippen LogP contribution in [0.5, 0.6) is 0 Å². The van der Waals surface area contributed by atoms with E-state index in [-0.39, 0.29) is 12.3 Å². The lowest BCUT2D eigenvalue weighted by Crippen LogP contribution is -2.30. The molecule has 0 saturated carbocycles. The van der Waals surface area contributed by atoms with Gasteiger partial charge in [-0.15, -0.1) is 0 Å². The predicted octanol–water partition coefficient (Wildman–Crippen LogP) is 1.35. The molecule has 5 nitrogen and oxygen atoms in total. The number of hydrogen-bond acceptors (Lipinski definition) is 3. The first kappa shape index (κ1) is 12.1. The summed E-state index contributed by atoms with van der Waals surface area (Å²) >= 11 is 0. The Morgan fingerprint density at radius 1 is 1.47 bits per heavy atom. The van der Waals surface area contributed by atoms with Gasteiger partial charge in [-0.25, -0.2) is 0 Å². The molecule has 5 heteroatoms. The van der Waals surface area contributed by atoms with Gasteiger partial charge in [-0.1, -0.05) is 6.08 Å². The number of carboxylic acid groups (broad SMARTS) is 1. The third-order valence-electron chi connectivity index (χ3n) is 3.08. The number of carbonyl (C=O) groups is 2. The Kier molecular flexibility index (Phi) is 2.21. The molecule has 2 rings (SSSR count). The maximum atomic E-state index is 11.8. The van der Waals surface area contributed by atoms with Crippen LogP contribution in [0, 0.1) is 5.41 Å². The fourth-order valence-corrected chi connectivity index (χ4v) is 2.08. The molecule has 0 aromatic carbocycles. The number of amides is 1. The molecule has 17 heavy (non-hydrogen) atoms. The minimum Gasteiger partial charge on any atom is -0.481 e. The van der Waals surface area contributed by atoms with Gasteiger partial charge in [-0.05, 0) is 33.8 Å². The zero-order valence-electron chi connectivity index (χ0n) is 10.5. The molecule has 1 heterocycles. The quantitative estimate of drug-likeness (QED) is 0.583. The van der Waals surface area contributed by atoms with E-state index in [0.29, 0.717) is 0 Å². The summed E-state index contributed by atoms with van der Waals surface area (Å²) < 4.78 is 0. The Morgan fingerprint density at radius 3 is 2.47 bits per heavy atom. The fourth-order valence-electron chi connectivity index (χ4n) is 2.08. The number of rotatable bonds is 2. The van der Waals surface area contributed by atoms with Gasteiger partial charge < -0.3 is 5.11 Å². The lowest BCUT2D eigenvalue weighted by atomic mass is 9.87. The Labute approximate surface area is 100.0 Å². The molecule has 0 aromatic heterocycles. The fraction of sp³-hybridized carbons (Fsp3) is 0.667. The topological polar surface area (TPSA) is 66.6 Å². The van der Waals surface area contributed by atoms with Crippen LogP contribution in [0.4, 0.5) is 0 Å². The van der Waals surface area contributed by atoms with E-state index in [1.165, 1.54) is 5.06 Å². The van der Waals surface area contributed by atoms with Crippen molar-refractivity contribution in [2.45, 2.75) is 45.3 Å². The van der Waals surface area contributed by atoms with Gasteiger partial charge in [0.25, 0.3) is 5.91 Å². The standard InChI is InChI=1S/C12H17NO4/c1-10(2,3)17-13-8(14)12(13)6-5-11(4,7-12)9(15)16/h5-6H,7H2,1-4H3,(H,15,16)/t11-,12-,13?/m0/s1. The molecule has 0 aromatic rings. The summed E-state index contributed by atoms with van der Waals surface area (Å²) in [5.41, 5.74) is -2.29. The van der Waals surface area contributed by atoms with E-state index in [1.54, 1.807) is 19.1 Å². The zero-order valence-corrected chi connectivity index (χ0v) is 10.5. The molecule has 0 bridgehead atoms. The average molecular weight is 239 g/mol. The molecule has 1 aliphatic carbocycles. The van der Waals surface area contributed by atoms with Crippen molar-refractivity contribution in [3.8, 4) is 0 Å². The highest BCUT2D eigenvalue weighted by molar-refractivity contribution is 6.05. The first-order valence-corrected chi connectivity index (χ1v) is 5.58. The van der Waals surface area contributed by atoms with E-state index in [1.807, 2.05) is 20.8 Å². The maximum absolute atomic E-state index is 11.8. The van der Waals surface area contributed by atoms with E-state index in [2.05, 4.69) is 0 Å². The van der Waals surface area contributed by atoms with Crippen LogP contribution in [-0.4, -0.2) is 33.2 Å². The second kappa shape index (κ2) is 3.10. The van der Waals surface area contributed by atoms with Crippen molar-refractivity contribution in [2.24, 2.45) is 5.41 Å². The Morgan fingerprint density at radius 2 is 2.06 bits per heavy atom. The molecular weight excluding hydrogens is 222 g/mol. The summed E-state index contributed by atoms with van der Waals surface area (Å²) in [6.07, 6.45) is 3.47. The zero-order chi connectivity index (χ0) is 13.1. The van der Waals surface area contributed by atoms with Crippen molar-refractivity contribution in [1.29, 1.82) is 0 Å². The molecule has 1 spiro atoms. The number of nitrogens with zero attached hydrogens (tertiary/aromatic N) is 1. The summed E-state index contributed by atoms with van der Waals surface area (Å²) in [7, 11) is 0. The molecule has 1 amide bonds. The van der Waals surface area contributed by atoms with Gasteiger partial charge >= 0.3 is 5.97 Å². The summed E-state index contributed by atoms with van der Waals surface area (Å²) in [5, 5.41) is 10.4. The molecule has 1 aliphatic heterocycles. The van der Waals surface area contributed by atoms with Crippen LogP contribution in [0.25, 0.3) is 0 Å². The molecule has 1 saturated heterocycles. The van der Waals surface area contributed by atoms with Crippen LogP contribution in [0.15, 0.2) is 12.2 Å². The number of hydrogen-bond donors (Lipinski definition) is 1. The number of carboxylic acids is 1. The normalized spacial score (nSPS) is 35.8. The monoisotopic (exact) mass is 239 g/mol. The average Bonchev–Trinajstić information content (AvgIpc) is 2.59. The Bertz CT molecular complexity index is 423. The Balaban J connectivity index is 2.14. The highest BCUT2D eigenvalue weighted by Gasteiger charge is 2.69. The minimum atomic E-state index is -0.981. The van der Waals surface area contributed by atoms with E-state index < -0.39 is 22.5 Å². The summed E-state index contributed by atoms with van der Waals surface area (Å²) in [6, 6.07) is 0. The highest BCUT2D eigenvalue weighted by Crippen LogP contribution is 2.51. The lowest BCUT2D eigenvalue weighted by molar-refractivity contribution is -0.181. The second-order valence-corrected chi connectivity index (χ2v) is 5.96. The first-order chi connectivity index (χ1) is 7.61. The van der Waals surface area contributed by atoms with Gasteiger partial charge in [0, 0.05) is 6.42 Å². The van der Waals surface area contributed by atoms with Crippen LogP contribution in [-0.2, 0) is 14.4 Å². The molecule has 1 fully saturated rings. The van der Waals surface area contributed by atoms with E-state index in [9.17, 15) is 9.59 Å². The van der Waals surface area contributed by atoms with Gasteiger partial charge in [-0.2, -0.15) is 5.06 Å². The molecule has 0 radical (unpaired) electrons. The van der Waals surface area contributed by atoms with Gasteiger partial charge in [0.1, 0.15) is 0 Å². The molecule has 0 unspecified atom stereocenters. The van der Waals surface area contributed by atoms with Gasteiger partial charge in [0.15, 0.2) is 5.54 Å². The van der Waals surface area contributed by atoms with Crippen LogP contribution >= 0.6 is 0 Å². The van der Waals surface area contributed by atoms with Gasteiger partial charge in [0.2, 0.25) is 0 Å². The van der Waals surface area contributed by atoms with Crippen molar-refractivity contribution < 1.29 is 19.5 Å². The maximum Gasteiger partial charge on any atom is 0.313 e. The second-order valence-electron chi connectivity index (χ2n) is 5.96. The van der Waals surface area contributed by atoms with Crippen molar-refractivity contribution in [1.82, 2.24) is 5.06 Å². The van der Waals surface area contributed by atoms with Crippen molar-refractivity contribution in [2.75, 3.05) is 0 Å². The molecular formula is C12H17NO4. The van der Waals surface area contributed by atoms with Crippen LogP contribution < -0.4 is 0 Å². The number of hydroxylamine groups is 2. The minimum absolute atomic E-state index is 0.159. The van der Waals surface area contributed by atoms with Gasteiger partial charge in [-0.3, -0.25) is 14.4 Å². The third-order valence-corrected chi connectivity index (χ3v) is 3.08. The molecule has 2 atom stereocenters. The molecule has 94 valence electrons. The van der Waals surface area contributed by atoms with Crippen LogP contribution in [0.3, 0.4) is 0 Å². The van der Waals surface area contributed by atoms with Gasteiger partial charge in [0.05, 0.1) is 11.0 Å². The highest BCUT2D eigenvalue weighted by atomic mass is 16.7. The number of aliphatic carboxylic acids is 1. The van der Waals surface area contributed by atoms with Crippen LogP contribution in [0.2, 0.25) is 0 Å². The van der Waals surface area contributed by atoms with Crippen molar-refractivity contribution >= 4 is 11.9 Å².